The number of rotatable bonds is 8. The van der Waals surface area contributed by atoms with Crippen molar-refractivity contribution < 1.29 is 19.0 Å². The Morgan fingerprint density at radius 2 is 2.14 bits per heavy atom. The van der Waals surface area contributed by atoms with Gasteiger partial charge in [-0.25, -0.2) is 9.37 Å². The first-order chi connectivity index (χ1) is 14.0. The smallest absolute Gasteiger partial charge is 0.303 e. The van der Waals surface area contributed by atoms with Gasteiger partial charge in [-0.05, 0) is 54.2 Å². The van der Waals surface area contributed by atoms with Crippen LogP contribution in [0.25, 0.3) is 22.0 Å². The number of ether oxygens (including phenoxy) is 1. The number of benzene rings is 2. The SMILES string of the molecule is Cc1cc(CCC(=O)O)ccc1-c1nsc(-c2ccc(OCCF)c(C#N)c2)n1. The number of nitrogens with zero attached hydrogens (tertiary/aromatic N) is 3. The van der Waals surface area contributed by atoms with Crippen molar-refractivity contribution in [1.82, 2.24) is 9.36 Å². The standard InChI is InChI=1S/C21H18FN3O3S/c1-13-10-14(3-7-19(26)27)2-5-17(13)20-24-21(29-25-20)15-4-6-18(28-9-8-22)16(11-15)12-23/h2,4-6,10-11H,3,7-9H2,1H3,(H,26,27). The fourth-order valence-corrected chi connectivity index (χ4v) is 3.53. The van der Waals surface area contributed by atoms with Gasteiger partial charge >= 0.3 is 5.97 Å². The Balaban J connectivity index is 1.84. The topological polar surface area (TPSA) is 96.1 Å². The van der Waals surface area contributed by atoms with E-state index in [1.54, 1.807) is 18.2 Å². The zero-order valence-corrected chi connectivity index (χ0v) is 16.5. The van der Waals surface area contributed by atoms with Crippen molar-refractivity contribution >= 4 is 17.5 Å². The number of aryl methyl sites for hydroxylation is 2. The molecule has 0 saturated heterocycles. The fourth-order valence-electron chi connectivity index (χ4n) is 2.86. The van der Waals surface area contributed by atoms with Crippen LogP contribution in [0.3, 0.4) is 0 Å². The summed E-state index contributed by atoms with van der Waals surface area (Å²) in [6, 6.07) is 12.8. The number of nitriles is 1. The highest BCUT2D eigenvalue weighted by molar-refractivity contribution is 7.09. The fraction of sp³-hybridized carbons (Fsp3) is 0.238. The van der Waals surface area contributed by atoms with Gasteiger partial charge in [0.15, 0.2) is 5.82 Å². The van der Waals surface area contributed by atoms with Crippen LogP contribution >= 0.6 is 11.5 Å². The first kappa shape index (κ1) is 20.4. The number of hydrogen-bond donors (Lipinski definition) is 1. The van der Waals surface area contributed by atoms with Crippen LogP contribution in [0.5, 0.6) is 5.75 Å². The molecule has 2 aromatic carbocycles. The Labute approximate surface area is 171 Å². The summed E-state index contributed by atoms with van der Waals surface area (Å²) in [6.07, 6.45) is 0.560. The van der Waals surface area contributed by atoms with E-state index in [2.05, 4.69) is 15.4 Å². The number of alkyl halides is 1. The van der Waals surface area contributed by atoms with E-state index in [9.17, 15) is 14.4 Å². The van der Waals surface area contributed by atoms with Gasteiger partial charge in [0.25, 0.3) is 0 Å². The zero-order chi connectivity index (χ0) is 20.8. The number of carboxylic acid groups (broad SMARTS) is 1. The lowest BCUT2D eigenvalue weighted by molar-refractivity contribution is -0.136. The van der Waals surface area contributed by atoms with Gasteiger partial charge < -0.3 is 9.84 Å². The highest BCUT2D eigenvalue weighted by Crippen LogP contribution is 2.31. The molecule has 148 valence electrons. The van der Waals surface area contributed by atoms with Crippen LogP contribution in [0, 0.1) is 18.3 Å². The van der Waals surface area contributed by atoms with Gasteiger partial charge in [0, 0.05) is 17.5 Å². The summed E-state index contributed by atoms with van der Waals surface area (Å²) in [5.41, 5.74) is 3.83. The van der Waals surface area contributed by atoms with E-state index in [-0.39, 0.29) is 13.0 Å². The van der Waals surface area contributed by atoms with Crippen LogP contribution in [-0.2, 0) is 11.2 Å². The molecule has 0 spiro atoms. The van der Waals surface area contributed by atoms with E-state index in [0.717, 1.165) is 22.3 Å². The molecular formula is C21H18FN3O3S. The Kier molecular flexibility index (Phi) is 6.52. The minimum absolute atomic E-state index is 0.0875. The Morgan fingerprint density at radius 3 is 2.83 bits per heavy atom. The predicted octanol–water partition coefficient (Wildman–Crippen LogP) is 4.42. The molecule has 0 radical (unpaired) electrons. The van der Waals surface area contributed by atoms with Gasteiger partial charge in [-0.2, -0.15) is 9.64 Å². The third-order valence-corrected chi connectivity index (χ3v) is 5.03. The van der Waals surface area contributed by atoms with E-state index in [4.69, 9.17) is 9.84 Å². The molecule has 0 fully saturated rings. The van der Waals surface area contributed by atoms with E-state index in [0.29, 0.717) is 28.6 Å². The lowest BCUT2D eigenvalue weighted by atomic mass is 10.0. The van der Waals surface area contributed by atoms with Crippen molar-refractivity contribution in [3.63, 3.8) is 0 Å². The van der Waals surface area contributed by atoms with Crippen LogP contribution in [0.2, 0.25) is 0 Å². The largest absolute Gasteiger partial charge is 0.489 e. The molecule has 0 aliphatic rings. The van der Waals surface area contributed by atoms with E-state index in [1.165, 1.54) is 11.5 Å². The van der Waals surface area contributed by atoms with Gasteiger partial charge in [-0.15, -0.1) is 0 Å². The minimum Gasteiger partial charge on any atom is -0.489 e. The van der Waals surface area contributed by atoms with E-state index in [1.807, 2.05) is 25.1 Å². The van der Waals surface area contributed by atoms with Crippen molar-refractivity contribution in [1.29, 1.82) is 5.26 Å². The molecule has 0 amide bonds. The molecule has 3 rings (SSSR count). The monoisotopic (exact) mass is 411 g/mol. The number of carbonyl (C=O) groups is 1. The first-order valence-electron chi connectivity index (χ1n) is 8.90. The van der Waals surface area contributed by atoms with Crippen molar-refractivity contribution in [2.75, 3.05) is 13.3 Å². The molecule has 1 N–H and O–H groups in total. The van der Waals surface area contributed by atoms with Crippen molar-refractivity contribution in [2.24, 2.45) is 0 Å². The zero-order valence-electron chi connectivity index (χ0n) is 15.7. The summed E-state index contributed by atoms with van der Waals surface area (Å²) < 4.78 is 22.0. The quantitative estimate of drug-likeness (QED) is 0.589. The van der Waals surface area contributed by atoms with E-state index < -0.39 is 12.6 Å². The molecule has 1 heterocycles. The second-order valence-corrected chi connectivity index (χ2v) is 7.08. The third kappa shape index (κ3) is 4.95. The lowest BCUT2D eigenvalue weighted by Gasteiger charge is -2.07. The van der Waals surface area contributed by atoms with Gasteiger partial charge in [-0.3, -0.25) is 4.79 Å². The maximum atomic E-state index is 12.3. The first-order valence-corrected chi connectivity index (χ1v) is 9.68. The normalized spacial score (nSPS) is 10.5. The molecule has 0 atom stereocenters. The molecule has 3 aromatic rings. The average molecular weight is 411 g/mol. The van der Waals surface area contributed by atoms with Gasteiger partial charge in [0.2, 0.25) is 0 Å². The highest BCUT2D eigenvalue weighted by Gasteiger charge is 2.13. The summed E-state index contributed by atoms with van der Waals surface area (Å²) in [5.74, 6) is 0.0883. The number of aromatic nitrogens is 2. The summed E-state index contributed by atoms with van der Waals surface area (Å²) in [7, 11) is 0. The average Bonchev–Trinajstić information content (AvgIpc) is 3.20. The lowest BCUT2D eigenvalue weighted by Crippen LogP contribution is -2.00. The van der Waals surface area contributed by atoms with Crippen molar-refractivity contribution in [3.8, 4) is 33.8 Å². The van der Waals surface area contributed by atoms with Crippen LogP contribution in [-0.4, -0.2) is 33.7 Å². The van der Waals surface area contributed by atoms with Crippen LogP contribution in [0.15, 0.2) is 36.4 Å². The van der Waals surface area contributed by atoms with Crippen LogP contribution < -0.4 is 4.74 Å². The number of halogens is 1. The van der Waals surface area contributed by atoms with Gasteiger partial charge in [-0.1, -0.05) is 18.2 Å². The van der Waals surface area contributed by atoms with Gasteiger partial charge in [0.1, 0.15) is 30.1 Å². The summed E-state index contributed by atoms with van der Waals surface area (Å²) in [4.78, 5) is 15.3. The molecule has 1 aromatic heterocycles. The van der Waals surface area contributed by atoms with E-state index >= 15 is 0 Å². The molecule has 0 aliphatic carbocycles. The molecule has 0 bridgehead atoms. The molecule has 0 aliphatic heterocycles. The number of carboxylic acids is 1. The van der Waals surface area contributed by atoms with Crippen LogP contribution in [0.4, 0.5) is 4.39 Å². The second-order valence-electron chi connectivity index (χ2n) is 6.33. The summed E-state index contributed by atoms with van der Waals surface area (Å²) >= 11 is 1.22. The minimum atomic E-state index is -0.824. The second kappa shape index (κ2) is 9.26. The molecule has 0 unspecified atom stereocenters. The molecule has 8 heteroatoms. The van der Waals surface area contributed by atoms with Gasteiger partial charge in [0.05, 0.1) is 5.56 Å². The number of hydrogen-bond acceptors (Lipinski definition) is 6. The predicted molar refractivity (Wildman–Crippen MR) is 108 cm³/mol. The van der Waals surface area contributed by atoms with Crippen LogP contribution in [0.1, 0.15) is 23.1 Å². The Morgan fingerprint density at radius 1 is 1.31 bits per heavy atom. The molecule has 0 saturated carbocycles. The summed E-state index contributed by atoms with van der Waals surface area (Å²) in [5, 5.41) is 18.8. The number of aliphatic carboxylic acids is 1. The Bertz CT molecular complexity index is 1080. The highest BCUT2D eigenvalue weighted by atomic mass is 32.1. The van der Waals surface area contributed by atoms with Crippen molar-refractivity contribution in [2.45, 2.75) is 19.8 Å². The maximum Gasteiger partial charge on any atom is 0.303 e. The molecule has 29 heavy (non-hydrogen) atoms. The maximum absolute atomic E-state index is 12.3. The third-order valence-electron chi connectivity index (χ3n) is 4.27. The summed E-state index contributed by atoms with van der Waals surface area (Å²) in [6.45, 7) is 1.21. The molecule has 6 nitrogen and oxygen atoms in total. The van der Waals surface area contributed by atoms with Crippen molar-refractivity contribution in [3.05, 3.63) is 53.1 Å². The molecular weight excluding hydrogens is 393 g/mol. The Hall–Kier alpha value is -3.31.